The first kappa shape index (κ1) is 9.27. The van der Waals surface area contributed by atoms with Crippen LogP contribution < -0.4 is 10.5 Å². The van der Waals surface area contributed by atoms with Gasteiger partial charge in [0.1, 0.15) is 5.75 Å². The Hall–Kier alpha value is -0.290. The van der Waals surface area contributed by atoms with Crippen LogP contribution in [0, 0.1) is 3.57 Å². The zero-order chi connectivity index (χ0) is 9.42. The summed E-state index contributed by atoms with van der Waals surface area (Å²) in [5.41, 5.74) is 8.56. The van der Waals surface area contributed by atoms with Gasteiger partial charge in [0.15, 0.2) is 0 Å². The van der Waals surface area contributed by atoms with Gasteiger partial charge in [0, 0.05) is 15.2 Å². The third kappa shape index (κ3) is 1.55. The zero-order valence-corrected chi connectivity index (χ0v) is 9.67. The molecule has 0 saturated carbocycles. The van der Waals surface area contributed by atoms with Crippen LogP contribution in [0.5, 0.6) is 5.75 Å². The normalized spacial score (nSPS) is 20.1. The minimum Gasteiger partial charge on any atom is -0.496 e. The molecule has 1 atom stereocenters. The van der Waals surface area contributed by atoms with E-state index in [4.69, 9.17) is 10.5 Å². The van der Waals surface area contributed by atoms with Gasteiger partial charge in [-0.05, 0) is 53.1 Å². The minimum absolute atomic E-state index is 0.168. The molecule has 3 heteroatoms. The van der Waals surface area contributed by atoms with Gasteiger partial charge in [0.2, 0.25) is 0 Å². The average Bonchev–Trinajstić information content (AvgIpc) is 2.46. The lowest BCUT2D eigenvalue weighted by Gasteiger charge is -2.11. The number of hydrogen-bond donors (Lipinski definition) is 1. The molecular weight excluding hydrogens is 277 g/mol. The maximum Gasteiger partial charge on any atom is 0.124 e. The third-order valence-electron chi connectivity index (χ3n) is 2.51. The van der Waals surface area contributed by atoms with Crippen molar-refractivity contribution in [1.29, 1.82) is 0 Å². The Kier molecular flexibility index (Phi) is 2.47. The number of fused-ring (bicyclic) bond motifs is 1. The molecule has 2 nitrogen and oxygen atoms in total. The molecule has 0 saturated heterocycles. The Morgan fingerprint density at radius 3 is 3.00 bits per heavy atom. The van der Waals surface area contributed by atoms with Crippen LogP contribution in [0.3, 0.4) is 0 Å². The first-order chi connectivity index (χ1) is 6.22. The van der Waals surface area contributed by atoms with Gasteiger partial charge < -0.3 is 10.5 Å². The van der Waals surface area contributed by atoms with Crippen LogP contribution in [-0.4, -0.2) is 7.11 Å². The summed E-state index contributed by atoms with van der Waals surface area (Å²) in [5, 5.41) is 0. The van der Waals surface area contributed by atoms with Crippen molar-refractivity contribution in [3.05, 3.63) is 26.8 Å². The molecule has 13 heavy (non-hydrogen) atoms. The van der Waals surface area contributed by atoms with Crippen LogP contribution in [0.15, 0.2) is 12.1 Å². The van der Waals surface area contributed by atoms with Gasteiger partial charge in [0.25, 0.3) is 0 Å². The number of benzene rings is 1. The summed E-state index contributed by atoms with van der Waals surface area (Å²) in [6, 6.07) is 4.41. The molecule has 0 fully saturated rings. The van der Waals surface area contributed by atoms with Crippen LogP contribution in [0.25, 0.3) is 0 Å². The highest BCUT2D eigenvalue weighted by molar-refractivity contribution is 14.1. The summed E-state index contributed by atoms with van der Waals surface area (Å²) >= 11 is 2.31. The zero-order valence-electron chi connectivity index (χ0n) is 7.51. The van der Waals surface area contributed by atoms with E-state index in [1.807, 2.05) is 6.07 Å². The molecule has 1 aromatic carbocycles. The second-order valence-corrected chi connectivity index (χ2v) is 4.57. The number of halogens is 1. The molecule has 0 radical (unpaired) electrons. The molecule has 0 bridgehead atoms. The predicted octanol–water partition coefficient (Wildman–Crippen LogP) is 2.25. The van der Waals surface area contributed by atoms with Crippen molar-refractivity contribution >= 4 is 22.6 Å². The first-order valence-corrected chi connectivity index (χ1v) is 5.42. The molecule has 2 N–H and O–H groups in total. The molecule has 1 aliphatic rings. The van der Waals surface area contributed by atoms with Crippen LogP contribution in [0.2, 0.25) is 0 Å². The van der Waals surface area contributed by atoms with Crippen LogP contribution >= 0.6 is 22.6 Å². The number of rotatable bonds is 1. The molecule has 1 aliphatic carbocycles. The Morgan fingerprint density at radius 2 is 2.31 bits per heavy atom. The summed E-state index contributed by atoms with van der Waals surface area (Å²) in [7, 11) is 1.71. The SMILES string of the molecule is COc1cc(I)cc2c1[C@H](N)CC2. The van der Waals surface area contributed by atoms with Gasteiger partial charge in [0.05, 0.1) is 7.11 Å². The molecule has 0 amide bonds. The fourth-order valence-electron chi connectivity index (χ4n) is 1.90. The fourth-order valence-corrected chi connectivity index (χ4v) is 2.56. The number of hydrogen-bond acceptors (Lipinski definition) is 2. The summed E-state index contributed by atoms with van der Waals surface area (Å²) in [6.07, 6.45) is 2.13. The molecule has 0 aliphatic heterocycles. The maximum atomic E-state index is 5.99. The highest BCUT2D eigenvalue weighted by Gasteiger charge is 2.23. The van der Waals surface area contributed by atoms with Crippen molar-refractivity contribution in [2.45, 2.75) is 18.9 Å². The lowest BCUT2D eigenvalue weighted by molar-refractivity contribution is 0.406. The van der Waals surface area contributed by atoms with E-state index in [9.17, 15) is 0 Å². The monoisotopic (exact) mass is 289 g/mol. The van der Waals surface area contributed by atoms with Crippen LogP contribution in [-0.2, 0) is 6.42 Å². The van der Waals surface area contributed by atoms with E-state index >= 15 is 0 Å². The van der Waals surface area contributed by atoms with E-state index in [0.717, 1.165) is 18.6 Å². The van der Waals surface area contributed by atoms with Crippen LogP contribution in [0.4, 0.5) is 0 Å². The Morgan fingerprint density at radius 1 is 1.54 bits per heavy atom. The van der Waals surface area contributed by atoms with Crippen molar-refractivity contribution in [3.63, 3.8) is 0 Å². The van der Waals surface area contributed by atoms with E-state index in [1.165, 1.54) is 14.7 Å². The standard InChI is InChI=1S/C10H12INO/c1-13-9-5-7(11)4-6-2-3-8(12)10(6)9/h4-5,8H,2-3,12H2,1H3/t8-/m1/s1. The lowest BCUT2D eigenvalue weighted by Crippen LogP contribution is -2.07. The second-order valence-electron chi connectivity index (χ2n) is 3.33. The lowest BCUT2D eigenvalue weighted by atomic mass is 10.1. The Bertz CT molecular complexity index is 338. The van der Waals surface area contributed by atoms with Gasteiger partial charge in [-0.15, -0.1) is 0 Å². The summed E-state index contributed by atoms with van der Waals surface area (Å²) in [6.45, 7) is 0. The third-order valence-corrected chi connectivity index (χ3v) is 3.13. The molecule has 70 valence electrons. The molecule has 0 unspecified atom stereocenters. The van der Waals surface area contributed by atoms with Crippen molar-refractivity contribution in [2.75, 3.05) is 7.11 Å². The highest BCUT2D eigenvalue weighted by atomic mass is 127. The van der Waals surface area contributed by atoms with E-state index in [1.54, 1.807) is 7.11 Å². The smallest absolute Gasteiger partial charge is 0.124 e. The molecular formula is C10H12INO. The second kappa shape index (κ2) is 3.46. The van der Waals surface area contributed by atoms with Crippen molar-refractivity contribution in [2.24, 2.45) is 5.73 Å². The quantitative estimate of drug-likeness (QED) is 0.805. The minimum atomic E-state index is 0.168. The molecule has 0 heterocycles. The van der Waals surface area contributed by atoms with E-state index in [0.29, 0.717) is 0 Å². The van der Waals surface area contributed by atoms with Crippen molar-refractivity contribution in [1.82, 2.24) is 0 Å². The van der Waals surface area contributed by atoms with Crippen molar-refractivity contribution in [3.8, 4) is 5.75 Å². The summed E-state index contributed by atoms with van der Waals surface area (Å²) in [5.74, 6) is 0.951. The summed E-state index contributed by atoms with van der Waals surface area (Å²) < 4.78 is 6.55. The number of methoxy groups -OCH3 is 1. The Labute approximate surface area is 91.6 Å². The fraction of sp³-hybridized carbons (Fsp3) is 0.400. The van der Waals surface area contributed by atoms with Crippen LogP contribution in [0.1, 0.15) is 23.6 Å². The first-order valence-electron chi connectivity index (χ1n) is 4.34. The van der Waals surface area contributed by atoms with Gasteiger partial charge >= 0.3 is 0 Å². The summed E-state index contributed by atoms with van der Waals surface area (Å²) in [4.78, 5) is 0. The number of ether oxygens (including phenoxy) is 1. The van der Waals surface area contributed by atoms with Crippen molar-refractivity contribution < 1.29 is 4.74 Å². The van der Waals surface area contributed by atoms with E-state index in [-0.39, 0.29) is 6.04 Å². The highest BCUT2D eigenvalue weighted by Crippen LogP contribution is 2.37. The molecule has 0 aromatic heterocycles. The van der Waals surface area contributed by atoms with Gasteiger partial charge in [-0.2, -0.15) is 0 Å². The molecule has 1 aromatic rings. The van der Waals surface area contributed by atoms with Gasteiger partial charge in [-0.3, -0.25) is 0 Å². The molecule has 0 spiro atoms. The number of nitrogens with two attached hydrogens (primary N) is 1. The maximum absolute atomic E-state index is 5.99. The van der Waals surface area contributed by atoms with E-state index in [2.05, 4.69) is 28.7 Å². The van der Waals surface area contributed by atoms with Gasteiger partial charge in [-0.1, -0.05) is 0 Å². The number of aryl methyl sites for hydroxylation is 1. The largest absolute Gasteiger partial charge is 0.496 e. The molecule has 2 rings (SSSR count). The Balaban J connectivity index is 2.57. The van der Waals surface area contributed by atoms with Gasteiger partial charge in [-0.25, -0.2) is 0 Å². The predicted molar refractivity (Wildman–Crippen MR) is 61.0 cm³/mol. The topological polar surface area (TPSA) is 35.2 Å². The van der Waals surface area contributed by atoms with E-state index < -0.39 is 0 Å². The average molecular weight is 289 g/mol.